The van der Waals surface area contributed by atoms with E-state index in [-0.39, 0.29) is 6.61 Å². The molecule has 1 aromatic heterocycles. The van der Waals surface area contributed by atoms with Crippen LogP contribution in [0.5, 0.6) is 11.5 Å². The molecule has 0 radical (unpaired) electrons. The molecular weight excluding hydrogens is 408 g/mol. The highest BCUT2D eigenvalue weighted by Gasteiger charge is 2.44. The summed E-state index contributed by atoms with van der Waals surface area (Å²) in [4.78, 5) is 0. The summed E-state index contributed by atoms with van der Waals surface area (Å²) < 4.78 is 17.0. The van der Waals surface area contributed by atoms with Gasteiger partial charge >= 0.3 is 0 Å². The third-order valence-electron chi connectivity index (χ3n) is 4.01. The standard InChI is InChI=1S/C17H22N2O7S2/c1-2-24-9-3-5-10(6-4-9)25-8-12-18-19-17(27-12)28-16-15(23)14(22)13(21)11(7-20)26-16/h3-6,11,13-16,20-23H,2,7-8H2,1H3/t11-,13+,14+,15-,16+/m1/s1. The van der Waals surface area contributed by atoms with Crippen molar-refractivity contribution in [3.05, 3.63) is 29.3 Å². The van der Waals surface area contributed by atoms with Gasteiger partial charge in [0.15, 0.2) is 9.35 Å². The Balaban J connectivity index is 1.55. The van der Waals surface area contributed by atoms with Gasteiger partial charge in [-0.1, -0.05) is 23.1 Å². The van der Waals surface area contributed by atoms with Crippen molar-refractivity contribution in [2.45, 2.75) is 47.7 Å². The number of thioether (sulfide) groups is 1. The number of aliphatic hydroxyl groups excluding tert-OH is 4. The van der Waals surface area contributed by atoms with Gasteiger partial charge in [-0.3, -0.25) is 0 Å². The van der Waals surface area contributed by atoms with E-state index in [1.54, 1.807) is 12.1 Å². The lowest BCUT2D eigenvalue weighted by Gasteiger charge is -2.39. The monoisotopic (exact) mass is 430 g/mol. The van der Waals surface area contributed by atoms with Crippen LogP contribution in [0.2, 0.25) is 0 Å². The first-order valence-electron chi connectivity index (χ1n) is 8.67. The Hall–Kier alpha value is -1.47. The molecule has 0 saturated carbocycles. The number of nitrogens with zero attached hydrogens (tertiary/aromatic N) is 2. The normalized spacial score (nSPS) is 27.5. The van der Waals surface area contributed by atoms with Crippen molar-refractivity contribution in [2.75, 3.05) is 13.2 Å². The highest BCUT2D eigenvalue weighted by molar-refractivity contribution is 8.01. The van der Waals surface area contributed by atoms with E-state index in [2.05, 4.69) is 10.2 Å². The second kappa shape index (κ2) is 9.83. The average Bonchev–Trinajstić information content (AvgIpc) is 3.15. The number of benzene rings is 1. The molecule has 9 nitrogen and oxygen atoms in total. The van der Waals surface area contributed by atoms with Crippen LogP contribution in [0.1, 0.15) is 11.9 Å². The van der Waals surface area contributed by atoms with E-state index in [1.165, 1.54) is 11.3 Å². The van der Waals surface area contributed by atoms with Crippen LogP contribution in [0.15, 0.2) is 28.6 Å². The summed E-state index contributed by atoms with van der Waals surface area (Å²) in [5.41, 5.74) is -0.886. The molecule has 1 saturated heterocycles. The van der Waals surface area contributed by atoms with Crippen molar-refractivity contribution in [2.24, 2.45) is 0 Å². The van der Waals surface area contributed by atoms with Gasteiger partial charge < -0.3 is 34.6 Å². The quantitative estimate of drug-likeness (QED) is 0.466. The molecule has 5 atom stereocenters. The minimum absolute atomic E-state index is 0.223. The molecule has 154 valence electrons. The van der Waals surface area contributed by atoms with Crippen LogP contribution < -0.4 is 9.47 Å². The molecule has 11 heteroatoms. The Kier molecular flexibility index (Phi) is 7.46. The van der Waals surface area contributed by atoms with Crippen LogP contribution in [-0.4, -0.2) is 73.7 Å². The first-order chi connectivity index (χ1) is 13.5. The van der Waals surface area contributed by atoms with Gasteiger partial charge in [-0.15, -0.1) is 10.2 Å². The number of ether oxygens (including phenoxy) is 3. The fraction of sp³-hybridized carbons (Fsp3) is 0.529. The predicted octanol–water partition coefficient (Wildman–Crippen LogP) is 0.408. The van der Waals surface area contributed by atoms with Gasteiger partial charge in [-0.2, -0.15) is 0 Å². The maximum absolute atomic E-state index is 10.1. The van der Waals surface area contributed by atoms with Crippen LogP contribution in [0, 0.1) is 0 Å². The Labute approximate surface area is 169 Å². The van der Waals surface area contributed by atoms with Crippen molar-refractivity contribution in [1.82, 2.24) is 10.2 Å². The van der Waals surface area contributed by atoms with Crippen molar-refractivity contribution in [3.8, 4) is 11.5 Å². The fourth-order valence-corrected chi connectivity index (χ4v) is 4.59. The molecule has 1 aliphatic heterocycles. The van der Waals surface area contributed by atoms with E-state index in [0.29, 0.717) is 21.7 Å². The van der Waals surface area contributed by atoms with Gasteiger partial charge in [0.2, 0.25) is 0 Å². The molecule has 1 fully saturated rings. The fourth-order valence-electron chi connectivity index (χ4n) is 2.55. The summed E-state index contributed by atoms with van der Waals surface area (Å²) in [6.07, 6.45) is -5.08. The minimum atomic E-state index is -1.42. The molecule has 1 aromatic carbocycles. The van der Waals surface area contributed by atoms with Gasteiger partial charge in [-0.05, 0) is 31.2 Å². The number of rotatable bonds is 8. The molecule has 3 rings (SSSR count). The SMILES string of the molecule is CCOc1ccc(OCc2nnc(S[C@@H]3O[C@H](CO)[C@H](O)[C@H](O)[C@H]3O)s2)cc1. The zero-order chi connectivity index (χ0) is 20.1. The van der Waals surface area contributed by atoms with Gasteiger partial charge in [0.25, 0.3) is 0 Å². The van der Waals surface area contributed by atoms with Crippen molar-refractivity contribution >= 4 is 23.1 Å². The van der Waals surface area contributed by atoms with E-state index < -0.39 is 36.5 Å². The summed E-state index contributed by atoms with van der Waals surface area (Å²) in [6, 6.07) is 7.24. The first kappa shape index (κ1) is 21.2. The zero-order valence-electron chi connectivity index (χ0n) is 15.0. The molecule has 0 amide bonds. The van der Waals surface area contributed by atoms with Crippen LogP contribution in [0.25, 0.3) is 0 Å². The van der Waals surface area contributed by atoms with E-state index in [0.717, 1.165) is 17.5 Å². The lowest BCUT2D eigenvalue weighted by molar-refractivity contribution is -0.205. The highest BCUT2D eigenvalue weighted by Crippen LogP contribution is 2.34. The number of hydrogen-bond donors (Lipinski definition) is 4. The summed E-state index contributed by atoms with van der Waals surface area (Å²) >= 11 is 2.33. The second-order valence-corrected chi connectivity index (χ2v) is 8.38. The molecule has 0 spiro atoms. The maximum atomic E-state index is 10.1. The van der Waals surface area contributed by atoms with Crippen LogP contribution in [0.4, 0.5) is 0 Å². The lowest BCUT2D eigenvalue weighted by Crippen LogP contribution is -2.57. The van der Waals surface area contributed by atoms with Crippen LogP contribution >= 0.6 is 23.1 Å². The number of aliphatic hydroxyl groups is 4. The Morgan fingerprint density at radius 3 is 2.36 bits per heavy atom. The highest BCUT2D eigenvalue weighted by atomic mass is 32.2. The molecule has 0 aliphatic carbocycles. The summed E-state index contributed by atoms with van der Waals surface area (Å²) in [5, 5.41) is 47.7. The third kappa shape index (κ3) is 5.11. The average molecular weight is 431 g/mol. The van der Waals surface area contributed by atoms with Gasteiger partial charge in [0.1, 0.15) is 48.0 Å². The molecule has 4 N–H and O–H groups in total. The Morgan fingerprint density at radius 2 is 1.71 bits per heavy atom. The smallest absolute Gasteiger partial charge is 0.177 e. The van der Waals surface area contributed by atoms with Gasteiger partial charge in [0, 0.05) is 0 Å². The van der Waals surface area contributed by atoms with E-state index in [1.807, 2.05) is 19.1 Å². The topological polar surface area (TPSA) is 134 Å². The molecule has 1 aliphatic rings. The molecular formula is C17H22N2O7S2. The Bertz CT molecular complexity index is 743. The first-order valence-corrected chi connectivity index (χ1v) is 10.4. The van der Waals surface area contributed by atoms with E-state index in [9.17, 15) is 20.4 Å². The maximum Gasteiger partial charge on any atom is 0.177 e. The second-order valence-electron chi connectivity index (χ2n) is 5.97. The van der Waals surface area contributed by atoms with Gasteiger partial charge in [0.05, 0.1) is 13.2 Å². The van der Waals surface area contributed by atoms with Crippen molar-refractivity contribution in [3.63, 3.8) is 0 Å². The summed E-state index contributed by atoms with van der Waals surface area (Å²) in [6.45, 7) is 2.26. The lowest BCUT2D eigenvalue weighted by atomic mass is 10.0. The predicted molar refractivity (Wildman–Crippen MR) is 101 cm³/mol. The molecule has 2 heterocycles. The van der Waals surface area contributed by atoms with Crippen LogP contribution in [-0.2, 0) is 11.3 Å². The molecule has 28 heavy (non-hydrogen) atoms. The van der Waals surface area contributed by atoms with Crippen LogP contribution in [0.3, 0.4) is 0 Å². The molecule has 0 bridgehead atoms. The third-order valence-corrected chi connectivity index (χ3v) is 6.15. The van der Waals surface area contributed by atoms with E-state index >= 15 is 0 Å². The number of aromatic nitrogens is 2. The van der Waals surface area contributed by atoms with Crippen molar-refractivity contribution < 1.29 is 34.6 Å². The van der Waals surface area contributed by atoms with Crippen molar-refractivity contribution in [1.29, 1.82) is 0 Å². The molecule has 0 unspecified atom stereocenters. The summed E-state index contributed by atoms with van der Waals surface area (Å²) in [5.74, 6) is 1.44. The Morgan fingerprint density at radius 1 is 1.04 bits per heavy atom. The van der Waals surface area contributed by atoms with E-state index in [4.69, 9.17) is 14.2 Å². The van der Waals surface area contributed by atoms with Gasteiger partial charge in [-0.25, -0.2) is 0 Å². The largest absolute Gasteiger partial charge is 0.494 e. The molecule has 2 aromatic rings. The number of hydrogen-bond acceptors (Lipinski definition) is 11. The minimum Gasteiger partial charge on any atom is -0.494 e. The zero-order valence-corrected chi connectivity index (χ0v) is 16.7. The summed E-state index contributed by atoms with van der Waals surface area (Å²) in [7, 11) is 0.